The third-order valence-electron chi connectivity index (χ3n) is 4.03. The van der Waals surface area contributed by atoms with Crippen molar-refractivity contribution in [3.05, 3.63) is 28.3 Å². The molecule has 1 aromatic rings. The van der Waals surface area contributed by atoms with Gasteiger partial charge in [-0.15, -0.1) is 0 Å². The molecule has 18 heavy (non-hydrogen) atoms. The number of fused-ring (bicyclic) bond motifs is 3. The second kappa shape index (κ2) is 3.90. The third-order valence-corrected chi connectivity index (χ3v) is 4.03. The number of amides is 1. The van der Waals surface area contributed by atoms with Gasteiger partial charge in [-0.2, -0.15) is 0 Å². The first-order valence-corrected chi connectivity index (χ1v) is 6.34. The van der Waals surface area contributed by atoms with Crippen LogP contribution in [0.3, 0.4) is 0 Å². The lowest BCUT2D eigenvalue weighted by Crippen LogP contribution is -2.38. The molecule has 0 fully saturated rings. The lowest BCUT2D eigenvalue weighted by molar-refractivity contribution is 0.0603. The van der Waals surface area contributed by atoms with Crippen molar-refractivity contribution < 1.29 is 14.6 Å². The van der Waals surface area contributed by atoms with Crippen molar-refractivity contribution in [2.45, 2.75) is 38.8 Å². The molecule has 96 valence electrons. The lowest BCUT2D eigenvalue weighted by atomic mass is 9.98. The number of hydrogen-bond donors (Lipinski definition) is 1. The van der Waals surface area contributed by atoms with Crippen LogP contribution < -0.4 is 4.74 Å². The van der Waals surface area contributed by atoms with Crippen LogP contribution in [0.15, 0.2) is 6.07 Å². The molecule has 0 bridgehead atoms. The third kappa shape index (κ3) is 1.55. The van der Waals surface area contributed by atoms with Crippen LogP contribution in [0.2, 0.25) is 0 Å². The summed E-state index contributed by atoms with van der Waals surface area (Å²) in [4.78, 5) is 12.2. The summed E-state index contributed by atoms with van der Waals surface area (Å²) >= 11 is 0. The van der Waals surface area contributed by atoms with E-state index >= 15 is 0 Å². The maximum atomic E-state index is 11.0. The van der Waals surface area contributed by atoms with Gasteiger partial charge in [-0.25, -0.2) is 4.79 Å². The van der Waals surface area contributed by atoms with E-state index in [1.807, 2.05) is 0 Å². The van der Waals surface area contributed by atoms with Crippen LogP contribution in [-0.2, 0) is 19.3 Å². The van der Waals surface area contributed by atoms with Crippen LogP contribution in [0.1, 0.15) is 28.7 Å². The van der Waals surface area contributed by atoms with Gasteiger partial charge in [0.15, 0.2) is 6.23 Å². The highest BCUT2D eigenvalue weighted by Crippen LogP contribution is 2.41. The van der Waals surface area contributed by atoms with E-state index in [4.69, 9.17) is 9.84 Å². The van der Waals surface area contributed by atoms with Gasteiger partial charge >= 0.3 is 6.09 Å². The highest BCUT2D eigenvalue weighted by atomic mass is 16.5. The zero-order valence-electron chi connectivity index (χ0n) is 10.7. The highest BCUT2D eigenvalue weighted by Gasteiger charge is 2.33. The van der Waals surface area contributed by atoms with Crippen LogP contribution in [0, 0.1) is 6.92 Å². The standard InChI is InChI=1S/C14H17NO3/c1-8-6-9-7-12(15(2)14(16)17)18-13(9)11-5-3-4-10(8)11/h6,12H,3-5,7H2,1-2H3,(H,16,17). The number of carboxylic acid groups (broad SMARTS) is 1. The fourth-order valence-corrected chi connectivity index (χ4v) is 3.04. The van der Waals surface area contributed by atoms with Crippen LogP contribution >= 0.6 is 0 Å². The molecule has 3 rings (SSSR count). The number of aryl methyl sites for hydroxylation is 1. The van der Waals surface area contributed by atoms with Gasteiger partial charge in [0.25, 0.3) is 0 Å². The summed E-state index contributed by atoms with van der Waals surface area (Å²) in [5.41, 5.74) is 5.20. The zero-order valence-corrected chi connectivity index (χ0v) is 10.7. The first-order valence-electron chi connectivity index (χ1n) is 6.34. The molecule has 0 aromatic heterocycles. The molecular weight excluding hydrogens is 230 g/mol. The van der Waals surface area contributed by atoms with Gasteiger partial charge in [-0.05, 0) is 42.9 Å². The maximum Gasteiger partial charge on any atom is 0.409 e. The predicted molar refractivity (Wildman–Crippen MR) is 67.1 cm³/mol. The molecule has 1 aliphatic carbocycles. The molecule has 1 N–H and O–H groups in total. The molecule has 0 saturated heterocycles. The summed E-state index contributed by atoms with van der Waals surface area (Å²) in [6, 6.07) is 2.16. The van der Waals surface area contributed by atoms with Crippen molar-refractivity contribution in [1.82, 2.24) is 4.90 Å². The van der Waals surface area contributed by atoms with Crippen molar-refractivity contribution in [3.8, 4) is 5.75 Å². The van der Waals surface area contributed by atoms with Gasteiger partial charge in [-0.3, -0.25) is 4.90 Å². The fourth-order valence-electron chi connectivity index (χ4n) is 3.04. The zero-order chi connectivity index (χ0) is 12.9. The van der Waals surface area contributed by atoms with E-state index in [2.05, 4.69) is 13.0 Å². The van der Waals surface area contributed by atoms with Gasteiger partial charge in [0.2, 0.25) is 0 Å². The number of benzene rings is 1. The van der Waals surface area contributed by atoms with Crippen LogP contribution in [0.4, 0.5) is 4.79 Å². The van der Waals surface area contributed by atoms with Crippen molar-refractivity contribution in [1.29, 1.82) is 0 Å². The number of rotatable bonds is 1. The number of nitrogens with zero attached hydrogens (tertiary/aromatic N) is 1. The molecule has 1 unspecified atom stereocenters. The Morgan fingerprint density at radius 1 is 1.44 bits per heavy atom. The molecule has 0 saturated carbocycles. The Labute approximate surface area is 106 Å². The molecule has 1 atom stereocenters. The van der Waals surface area contributed by atoms with Crippen molar-refractivity contribution in [2.75, 3.05) is 7.05 Å². The van der Waals surface area contributed by atoms with Crippen LogP contribution in [0.25, 0.3) is 0 Å². The summed E-state index contributed by atoms with van der Waals surface area (Å²) in [6.45, 7) is 2.14. The topological polar surface area (TPSA) is 49.8 Å². The fraction of sp³-hybridized carbons (Fsp3) is 0.500. The molecule has 1 amide bonds. The minimum atomic E-state index is -0.943. The SMILES string of the molecule is Cc1cc2c(c3c1CCC3)OC(N(C)C(=O)O)C2. The van der Waals surface area contributed by atoms with Crippen molar-refractivity contribution >= 4 is 6.09 Å². The highest BCUT2D eigenvalue weighted by molar-refractivity contribution is 5.65. The van der Waals surface area contributed by atoms with Gasteiger partial charge in [0.1, 0.15) is 5.75 Å². The van der Waals surface area contributed by atoms with Crippen molar-refractivity contribution in [2.24, 2.45) is 0 Å². The molecule has 4 heteroatoms. The van der Waals surface area contributed by atoms with Gasteiger partial charge < -0.3 is 9.84 Å². The summed E-state index contributed by atoms with van der Waals surface area (Å²) in [5, 5.41) is 9.02. The molecule has 0 spiro atoms. The summed E-state index contributed by atoms with van der Waals surface area (Å²) in [6.07, 6.45) is 2.70. The van der Waals surface area contributed by atoms with E-state index in [0.717, 1.165) is 24.2 Å². The average molecular weight is 247 g/mol. The van der Waals surface area contributed by atoms with E-state index in [1.54, 1.807) is 7.05 Å². The molecule has 4 nitrogen and oxygen atoms in total. The van der Waals surface area contributed by atoms with E-state index in [-0.39, 0.29) is 6.23 Å². The minimum Gasteiger partial charge on any atom is -0.469 e. The Bertz CT molecular complexity index is 524. The largest absolute Gasteiger partial charge is 0.469 e. The molecule has 0 radical (unpaired) electrons. The number of likely N-dealkylation sites (N-methyl/N-ethyl adjacent to an activating group) is 1. The Morgan fingerprint density at radius 2 is 2.17 bits per heavy atom. The minimum absolute atomic E-state index is 0.371. The summed E-state index contributed by atoms with van der Waals surface area (Å²) in [7, 11) is 1.56. The Balaban J connectivity index is 1.97. The summed E-state index contributed by atoms with van der Waals surface area (Å²) < 4.78 is 5.87. The molecule has 1 aromatic carbocycles. The number of ether oxygens (including phenoxy) is 1. The van der Waals surface area contributed by atoms with Crippen LogP contribution in [-0.4, -0.2) is 29.4 Å². The van der Waals surface area contributed by atoms with Gasteiger partial charge in [-0.1, -0.05) is 6.07 Å². The molecule has 1 aliphatic heterocycles. The Hall–Kier alpha value is -1.71. The first-order chi connectivity index (χ1) is 8.58. The second-order valence-corrected chi connectivity index (χ2v) is 5.16. The average Bonchev–Trinajstić information content (AvgIpc) is 2.92. The van der Waals surface area contributed by atoms with E-state index in [9.17, 15) is 4.79 Å². The van der Waals surface area contributed by atoms with E-state index < -0.39 is 6.09 Å². The summed E-state index contributed by atoms with van der Waals surface area (Å²) in [5.74, 6) is 0.950. The van der Waals surface area contributed by atoms with E-state index in [1.165, 1.54) is 28.0 Å². The van der Waals surface area contributed by atoms with Crippen LogP contribution in [0.5, 0.6) is 5.75 Å². The molecule has 2 aliphatic rings. The van der Waals surface area contributed by atoms with Gasteiger partial charge in [0, 0.05) is 19.0 Å². The smallest absolute Gasteiger partial charge is 0.409 e. The molecular formula is C14H17NO3. The Morgan fingerprint density at radius 3 is 2.89 bits per heavy atom. The number of carbonyl (C=O) groups is 1. The van der Waals surface area contributed by atoms with E-state index in [0.29, 0.717) is 6.42 Å². The lowest BCUT2D eigenvalue weighted by Gasteiger charge is -2.20. The number of hydrogen-bond acceptors (Lipinski definition) is 2. The Kier molecular flexibility index (Phi) is 2.47. The van der Waals surface area contributed by atoms with Crippen molar-refractivity contribution in [3.63, 3.8) is 0 Å². The maximum absolute atomic E-state index is 11.0. The normalized spacial score (nSPS) is 20.2. The predicted octanol–water partition coefficient (Wildman–Crippen LogP) is 2.35. The molecule has 1 heterocycles. The van der Waals surface area contributed by atoms with Gasteiger partial charge in [0.05, 0.1) is 0 Å². The quantitative estimate of drug-likeness (QED) is 0.828. The second-order valence-electron chi connectivity index (χ2n) is 5.16. The first kappa shape index (κ1) is 11.4. The monoisotopic (exact) mass is 247 g/mol.